The van der Waals surface area contributed by atoms with Gasteiger partial charge < -0.3 is 19.7 Å². The quantitative estimate of drug-likeness (QED) is 0.603. The number of hydrogen-bond donors (Lipinski definition) is 1. The normalized spacial score (nSPS) is 16.1. The van der Waals surface area contributed by atoms with Gasteiger partial charge in [0.25, 0.3) is 5.91 Å². The van der Waals surface area contributed by atoms with Gasteiger partial charge in [0, 0.05) is 44.3 Å². The number of methoxy groups -OCH3 is 1. The van der Waals surface area contributed by atoms with Crippen molar-refractivity contribution in [2.45, 2.75) is 32.3 Å². The maximum Gasteiger partial charge on any atom is 0.263 e. The van der Waals surface area contributed by atoms with Crippen LogP contribution in [0, 0.1) is 5.92 Å². The smallest absolute Gasteiger partial charge is 0.263 e. The van der Waals surface area contributed by atoms with E-state index in [1.807, 2.05) is 0 Å². The molecule has 1 atom stereocenters. The number of likely N-dealkylation sites (tertiary alicyclic amines) is 1. The van der Waals surface area contributed by atoms with Crippen LogP contribution in [0.3, 0.4) is 0 Å². The Morgan fingerprint density at radius 2 is 2.07 bits per heavy atom. The van der Waals surface area contributed by atoms with E-state index in [1.54, 1.807) is 37.1 Å². The van der Waals surface area contributed by atoms with E-state index >= 15 is 0 Å². The van der Waals surface area contributed by atoms with Crippen molar-refractivity contribution >= 4 is 39.3 Å². The molecule has 2 rings (SSSR count). The topological polar surface area (TPSA) is 67.9 Å². The molecule has 0 spiro atoms. The van der Waals surface area contributed by atoms with E-state index in [0.717, 1.165) is 6.42 Å². The molecule has 0 radical (unpaired) electrons. The zero-order valence-corrected chi connectivity index (χ0v) is 18.0. The third kappa shape index (κ3) is 6.66. The summed E-state index contributed by atoms with van der Waals surface area (Å²) in [5.74, 6) is 0.521. The summed E-state index contributed by atoms with van der Waals surface area (Å²) >= 11 is 9.31. The number of nitrogens with zero attached hydrogens (tertiary/aromatic N) is 1. The van der Waals surface area contributed by atoms with Crippen molar-refractivity contribution in [3.63, 3.8) is 0 Å². The summed E-state index contributed by atoms with van der Waals surface area (Å²) in [6.07, 6.45) is 1.52. The summed E-state index contributed by atoms with van der Waals surface area (Å²) in [6, 6.07) is 5.18. The fourth-order valence-corrected chi connectivity index (χ4v) is 3.78. The van der Waals surface area contributed by atoms with Crippen molar-refractivity contribution in [2.75, 3.05) is 33.4 Å². The van der Waals surface area contributed by atoms with E-state index in [9.17, 15) is 9.59 Å². The standard InChI is InChI=1S/C19H26BrClN2O4/c1-13(27-17-5-4-15(21)12-16(17)20)19(25)23-9-6-14(7-10-23)18(24)22-8-3-11-26-2/h4-5,12-14H,3,6-11H2,1-2H3,(H,22,24). The summed E-state index contributed by atoms with van der Waals surface area (Å²) in [4.78, 5) is 26.6. The van der Waals surface area contributed by atoms with E-state index in [2.05, 4.69) is 21.2 Å². The lowest BCUT2D eigenvalue weighted by atomic mass is 9.95. The second-order valence-electron chi connectivity index (χ2n) is 6.57. The first-order valence-electron chi connectivity index (χ1n) is 9.09. The molecule has 27 heavy (non-hydrogen) atoms. The van der Waals surface area contributed by atoms with Crippen LogP contribution >= 0.6 is 27.5 Å². The zero-order valence-electron chi connectivity index (χ0n) is 15.7. The second kappa shape index (κ2) is 10.9. The summed E-state index contributed by atoms with van der Waals surface area (Å²) in [7, 11) is 1.64. The number of ether oxygens (including phenoxy) is 2. The maximum absolute atomic E-state index is 12.6. The van der Waals surface area contributed by atoms with Gasteiger partial charge in [0.05, 0.1) is 4.47 Å². The van der Waals surface area contributed by atoms with E-state index in [1.165, 1.54) is 0 Å². The number of benzene rings is 1. The predicted octanol–water partition coefficient (Wildman–Crippen LogP) is 3.26. The van der Waals surface area contributed by atoms with Crippen LogP contribution in [-0.2, 0) is 14.3 Å². The highest BCUT2D eigenvalue weighted by atomic mass is 79.9. The van der Waals surface area contributed by atoms with Crippen molar-refractivity contribution in [3.05, 3.63) is 27.7 Å². The molecule has 1 fully saturated rings. The van der Waals surface area contributed by atoms with E-state index in [4.69, 9.17) is 21.1 Å². The van der Waals surface area contributed by atoms with Gasteiger partial charge in [-0.25, -0.2) is 0 Å². The van der Waals surface area contributed by atoms with Crippen LogP contribution < -0.4 is 10.1 Å². The molecule has 0 saturated carbocycles. The first-order chi connectivity index (χ1) is 12.9. The molecule has 0 aliphatic carbocycles. The van der Waals surface area contributed by atoms with Gasteiger partial charge in [0.1, 0.15) is 5.75 Å². The van der Waals surface area contributed by atoms with Crippen LogP contribution in [0.15, 0.2) is 22.7 Å². The van der Waals surface area contributed by atoms with Crippen molar-refractivity contribution in [1.82, 2.24) is 10.2 Å². The Labute approximate surface area is 173 Å². The Bertz CT molecular complexity index is 651. The first kappa shape index (κ1) is 22.0. The number of carbonyl (C=O) groups excluding carboxylic acids is 2. The Morgan fingerprint density at radius 1 is 1.37 bits per heavy atom. The highest BCUT2D eigenvalue weighted by molar-refractivity contribution is 9.10. The SMILES string of the molecule is COCCCNC(=O)C1CCN(C(=O)C(C)Oc2ccc(Cl)cc2Br)CC1. The lowest BCUT2D eigenvalue weighted by Gasteiger charge is -2.33. The number of carbonyl (C=O) groups is 2. The van der Waals surface area contributed by atoms with Gasteiger partial charge in [-0.05, 0) is 60.3 Å². The Morgan fingerprint density at radius 3 is 2.70 bits per heavy atom. The molecular formula is C19H26BrClN2O4. The summed E-state index contributed by atoms with van der Waals surface area (Å²) < 4.78 is 11.5. The molecule has 1 aliphatic rings. The number of halogens is 2. The van der Waals surface area contributed by atoms with Crippen LogP contribution in [0.25, 0.3) is 0 Å². The van der Waals surface area contributed by atoms with Crippen LogP contribution in [0.5, 0.6) is 5.75 Å². The minimum atomic E-state index is -0.609. The molecule has 1 N–H and O–H groups in total. The predicted molar refractivity (Wildman–Crippen MR) is 108 cm³/mol. The molecule has 1 heterocycles. The van der Waals surface area contributed by atoms with Gasteiger partial charge in [0.15, 0.2) is 6.10 Å². The van der Waals surface area contributed by atoms with Gasteiger partial charge >= 0.3 is 0 Å². The monoisotopic (exact) mass is 460 g/mol. The Kier molecular flexibility index (Phi) is 8.86. The molecule has 1 aromatic carbocycles. The average molecular weight is 462 g/mol. The largest absolute Gasteiger partial charge is 0.480 e. The highest BCUT2D eigenvalue weighted by Gasteiger charge is 2.30. The van der Waals surface area contributed by atoms with Crippen molar-refractivity contribution in [1.29, 1.82) is 0 Å². The van der Waals surface area contributed by atoms with Crippen LogP contribution in [0.1, 0.15) is 26.2 Å². The first-order valence-corrected chi connectivity index (χ1v) is 10.3. The van der Waals surface area contributed by atoms with Crippen molar-refractivity contribution < 1.29 is 19.1 Å². The molecule has 0 aromatic heterocycles. The Balaban J connectivity index is 1.79. The molecule has 8 heteroatoms. The summed E-state index contributed by atoms with van der Waals surface area (Å²) in [6.45, 7) is 4.11. The fourth-order valence-electron chi connectivity index (χ4n) is 3.00. The maximum atomic E-state index is 12.6. The lowest BCUT2D eigenvalue weighted by Crippen LogP contribution is -2.47. The van der Waals surface area contributed by atoms with E-state index in [0.29, 0.717) is 54.3 Å². The summed E-state index contributed by atoms with van der Waals surface area (Å²) in [5.41, 5.74) is 0. The lowest BCUT2D eigenvalue weighted by molar-refractivity contribution is -0.141. The molecule has 1 aliphatic heterocycles. The van der Waals surface area contributed by atoms with Crippen LogP contribution in [-0.4, -0.2) is 56.2 Å². The van der Waals surface area contributed by atoms with Crippen molar-refractivity contribution in [2.24, 2.45) is 5.92 Å². The molecule has 2 amide bonds. The Hall–Kier alpha value is -1.31. The minimum absolute atomic E-state index is 0.0433. The van der Waals surface area contributed by atoms with Gasteiger partial charge in [-0.1, -0.05) is 11.6 Å². The third-order valence-electron chi connectivity index (χ3n) is 4.55. The zero-order chi connectivity index (χ0) is 19.8. The highest BCUT2D eigenvalue weighted by Crippen LogP contribution is 2.29. The van der Waals surface area contributed by atoms with Gasteiger partial charge in [-0.3, -0.25) is 9.59 Å². The molecule has 1 aromatic rings. The summed E-state index contributed by atoms with van der Waals surface area (Å²) in [5, 5.41) is 3.53. The molecular weight excluding hydrogens is 436 g/mol. The second-order valence-corrected chi connectivity index (χ2v) is 7.86. The number of amides is 2. The van der Waals surface area contributed by atoms with Gasteiger partial charge in [-0.2, -0.15) is 0 Å². The number of hydrogen-bond acceptors (Lipinski definition) is 4. The number of rotatable bonds is 8. The van der Waals surface area contributed by atoms with Gasteiger partial charge in [0.2, 0.25) is 5.91 Å². The molecule has 1 unspecified atom stereocenters. The fraction of sp³-hybridized carbons (Fsp3) is 0.579. The number of nitrogens with one attached hydrogen (secondary N) is 1. The number of piperidine rings is 1. The van der Waals surface area contributed by atoms with Gasteiger partial charge in [-0.15, -0.1) is 0 Å². The molecule has 150 valence electrons. The molecule has 6 nitrogen and oxygen atoms in total. The minimum Gasteiger partial charge on any atom is -0.480 e. The van der Waals surface area contributed by atoms with E-state index < -0.39 is 6.10 Å². The average Bonchev–Trinajstić information content (AvgIpc) is 2.66. The van der Waals surface area contributed by atoms with Crippen LogP contribution in [0.2, 0.25) is 5.02 Å². The molecule has 1 saturated heterocycles. The van der Waals surface area contributed by atoms with Crippen LogP contribution in [0.4, 0.5) is 0 Å². The third-order valence-corrected chi connectivity index (χ3v) is 5.40. The molecule has 0 bridgehead atoms. The van der Waals surface area contributed by atoms with Crippen molar-refractivity contribution in [3.8, 4) is 5.75 Å². The van der Waals surface area contributed by atoms with E-state index in [-0.39, 0.29) is 17.7 Å².